The first-order valence-electron chi connectivity index (χ1n) is 11.2. The number of pyridine rings is 1. The average Bonchev–Trinajstić information content (AvgIpc) is 3.40. The van der Waals surface area contributed by atoms with Crippen LogP contribution in [0.1, 0.15) is 11.1 Å². The standard InChI is InChI=1S/C28H23N3O4S/c1-34-24-13-12-19(14-25(24)35-2)23-17-36-28(30-23)29-15-22-20-10-6-7-11-21(20)26(32)31(27(22)33)16-18-8-4-3-5-9-18/h3-15,17,33H,16H2,1-2H3/b29-15+. The predicted molar refractivity (Wildman–Crippen MR) is 143 cm³/mol. The molecule has 5 rings (SSSR count). The minimum Gasteiger partial charge on any atom is -0.494 e. The fraction of sp³-hybridized carbons (Fsp3) is 0.107. The molecule has 7 nitrogen and oxygen atoms in total. The second-order valence-corrected chi connectivity index (χ2v) is 8.84. The third-order valence-electron chi connectivity index (χ3n) is 5.85. The number of fused-ring (bicyclic) bond motifs is 1. The average molecular weight is 498 g/mol. The normalized spacial score (nSPS) is 11.3. The lowest BCUT2D eigenvalue weighted by Crippen LogP contribution is -2.22. The summed E-state index contributed by atoms with van der Waals surface area (Å²) in [7, 11) is 3.18. The highest BCUT2D eigenvalue weighted by Crippen LogP contribution is 2.34. The highest BCUT2D eigenvalue weighted by atomic mass is 32.1. The zero-order chi connectivity index (χ0) is 25.1. The molecular formula is C28H23N3O4S. The summed E-state index contributed by atoms with van der Waals surface area (Å²) in [6, 6.07) is 22.4. The Morgan fingerprint density at radius 2 is 1.69 bits per heavy atom. The Kier molecular flexibility index (Phi) is 6.51. The monoisotopic (exact) mass is 497 g/mol. The van der Waals surface area contributed by atoms with Crippen molar-refractivity contribution in [2.45, 2.75) is 6.54 Å². The van der Waals surface area contributed by atoms with Crippen LogP contribution in [-0.4, -0.2) is 35.1 Å². The number of hydrogen-bond donors (Lipinski definition) is 1. The van der Waals surface area contributed by atoms with Crippen molar-refractivity contribution in [2.75, 3.05) is 14.2 Å². The molecular weight excluding hydrogens is 474 g/mol. The van der Waals surface area contributed by atoms with Gasteiger partial charge < -0.3 is 14.6 Å². The van der Waals surface area contributed by atoms with E-state index in [2.05, 4.69) is 9.98 Å². The van der Waals surface area contributed by atoms with Gasteiger partial charge in [-0.2, -0.15) is 0 Å². The molecule has 8 heteroatoms. The maximum atomic E-state index is 13.2. The summed E-state index contributed by atoms with van der Waals surface area (Å²) in [6.45, 7) is 0.248. The first-order chi connectivity index (χ1) is 17.6. The van der Waals surface area contributed by atoms with E-state index in [1.807, 2.05) is 72.1 Å². The van der Waals surface area contributed by atoms with Gasteiger partial charge in [0.1, 0.15) is 0 Å². The van der Waals surface area contributed by atoms with Gasteiger partial charge in [0, 0.05) is 27.9 Å². The Morgan fingerprint density at radius 3 is 2.44 bits per heavy atom. The van der Waals surface area contributed by atoms with Gasteiger partial charge in [-0.1, -0.05) is 48.5 Å². The second kappa shape index (κ2) is 10.1. The van der Waals surface area contributed by atoms with Crippen molar-refractivity contribution in [1.82, 2.24) is 9.55 Å². The first kappa shape index (κ1) is 23.3. The Bertz CT molecular complexity index is 1620. The molecule has 180 valence electrons. The minimum atomic E-state index is -0.255. The summed E-state index contributed by atoms with van der Waals surface area (Å²) in [5.41, 5.74) is 2.73. The summed E-state index contributed by atoms with van der Waals surface area (Å²) in [4.78, 5) is 22.3. The van der Waals surface area contributed by atoms with Crippen LogP contribution in [-0.2, 0) is 6.54 Å². The molecule has 0 aliphatic rings. The number of rotatable bonds is 7. The molecule has 0 saturated heterocycles. The summed E-state index contributed by atoms with van der Waals surface area (Å²) in [6.07, 6.45) is 1.57. The third kappa shape index (κ3) is 4.46. The van der Waals surface area contributed by atoms with Crippen molar-refractivity contribution in [2.24, 2.45) is 4.99 Å². The number of nitrogens with zero attached hydrogens (tertiary/aromatic N) is 3. The first-order valence-corrected chi connectivity index (χ1v) is 12.1. The van der Waals surface area contributed by atoms with E-state index in [0.717, 1.165) is 16.8 Å². The van der Waals surface area contributed by atoms with Crippen LogP contribution in [0.3, 0.4) is 0 Å². The van der Waals surface area contributed by atoms with Crippen LogP contribution >= 0.6 is 11.3 Å². The summed E-state index contributed by atoms with van der Waals surface area (Å²) >= 11 is 1.38. The summed E-state index contributed by atoms with van der Waals surface area (Å²) in [5, 5.41) is 14.7. The number of aromatic nitrogens is 2. The molecule has 0 radical (unpaired) electrons. The van der Waals surface area contributed by atoms with Crippen molar-refractivity contribution in [1.29, 1.82) is 0 Å². The fourth-order valence-corrected chi connectivity index (χ4v) is 4.69. The lowest BCUT2D eigenvalue weighted by atomic mass is 10.1. The van der Waals surface area contributed by atoms with Crippen LogP contribution in [0.5, 0.6) is 17.4 Å². The van der Waals surface area contributed by atoms with Crippen LogP contribution < -0.4 is 15.0 Å². The van der Waals surface area contributed by atoms with Crippen molar-refractivity contribution >= 4 is 33.5 Å². The largest absolute Gasteiger partial charge is 0.494 e. The predicted octanol–water partition coefficient (Wildman–Crippen LogP) is 5.65. The van der Waals surface area contributed by atoms with Gasteiger partial charge in [-0.15, -0.1) is 11.3 Å². The molecule has 3 aromatic carbocycles. The number of methoxy groups -OCH3 is 2. The van der Waals surface area contributed by atoms with Crippen molar-refractivity contribution in [3.8, 4) is 28.6 Å². The maximum Gasteiger partial charge on any atom is 0.261 e. The van der Waals surface area contributed by atoms with E-state index in [1.165, 1.54) is 15.9 Å². The van der Waals surface area contributed by atoms with E-state index in [0.29, 0.717) is 33.0 Å². The Balaban J connectivity index is 1.53. The van der Waals surface area contributed by atoms with E-state index in [4.69, 9.17) is 9.47 Å². The number of aliphatic imine (C=N–C) groups is 1. The number of thiazole rings is 1. The number of benzene rings is 3. The van der Waals surface area contributed by atoms with E-state index in [1.54, 1.807) is 26.5 Å². The van der Waals surface area contributed by atoms with Gasteiger partial charge >= 0.3 is 0 Å². The molecule has 2 aromatic heterocycles. The van der Waals surface area contributed by atoms with E-state index in [-0.39, 0.29) is 18.0 Å². The van der Waals surface area contributed by atoms with E-state index in [9.17, 15) is 9.90 Å². The molecule has 0 aliphatic carbocycles. The summed E-state index contributed by atoms with van der Waals surface area (Å²) in [5.74, 6) is 1.12. The lowest BCUT2D eigenvalue weighted by molar-refractivity contribution is 0.355. The minimum absolute atomic E-state index is 0.136. The van der Waals surface area contributed by atoms with Crippen LogP contribution in [0.2, 0.25) is 0 Å². The van der Waals surface area contributed by atoms with Gasteiger partial charge in [0.05, 0.1) is 32.0 Å². The van der Waals surface area contributed by atoms with Crippen LogP contribution in [0.15, 0.2) is 88.0 Å². The Labute approximate surface area is 211 Å². The fourth-order valence-electron chi connectivity index (χ4n) is 4.02. The number of hydrogen-bond acceptors (Lipinski definition) is 7. The topological polar surface area (TPSA) is 85.9 Å². The van der Waals surface area contributed by atoms with E-state index < -0.39 is 0 Å². The molecule has 0 saturated carbocycles. The van der Waals surface area contributed by atoms with Gasteiger partial charge in [-0.05, 0) is 29.8 Å². The Morgan fingerprint density at radius 1 is 0.972 bits per heavy atom. The van der Waals surface area contributed by atoms with Crippen LogP contribution in [0.4, 0.5) is 5.13 Å². The molecule has 36 heavy (non-hydrogen) atoms. The van der Waals surface area contributed by atoms with Gasteiger partial charge in [-0.3, -0.25) is 9.36 Å². The molecule has 5 aromatic rings. The zero-order valence-electron chi connectivity index (χ0n) is 19.7. The molecule has 0 amide bonds. The molecule has 0 bridgehead atoms. The SMILES string of the molecule is COc1ccc(-c2csc(/N=C/c3c(O)n(Cc4ccccc4)c(=O)c4ccccc34)n2)cc1OC. The molecule has 0 fully saturated rings. The van der Waals surface area contributed by atoms with Crippen LogP contribution in [0.25, 0.3) is 22.0 Å². The quantitative estimate of drug-likeness (QED) is 0.294. The van der Waals surface area contributed by atoms with Crippen molar-refractivity contribution in [3.05, 3.63) is 99.7 Å². The lowest BCUT2D eigenvalue weighted by Gasteiger charge is -2.13. The highest BCUT2D eigenvalue weighted by Gasteiger charge is 2.16. The van der Waals surface area contributed by atoms with Crippen molar-refractivity contribution in [3.63, 3.8) is 0 Å². The molecule has 2 heterocycles. The highest BCUT2D eigenvalue weighted by molar-refractivity contribution is 7.13. The summed E-state index contributed by atoms with van der Waals surface area (Å²) < 4.78 is 12.1. The van der Waals surface area contributed by atoms with Gasteiger partial charge in [0.2, 0.25) is 11.0 Å². The van der Waals surface area contributed by atoms with E-state index >= 15 is 0 Å². The van der Waals surface area contributed by atoms with Gasteiger partial charge in [-0.25, -0.2) is 9.98 Å². The molecule has 0 atom stereocenters. The zero-order valence-corrected chi connectivity index (χ0v) is 20.5. The second-order valence-electron chi connectivity index (χ2n) is 8.00. The molecule has 0 unspecified atom stereocenters. The maximum absolute atomic E-state index is 13.2. The molecule has 1 N–H and O–H groups in total. The molecule has 0 spiro atoms. The van der Waals surface area contributed by atoms with Crippen molar-refractivity contribution < 1.29 is 14.6 Å². The van der Waals surface area contributed by atoms with Gasteiger partial charge in [0.15, 0.2) is 11.5 Å². The van der Waals surface area contributed by atoms with Gasteiger partial charge in [0.25, 0.3) is 5.56 Å². The smallest absolute Gasteiger partial charge is 0.261 e. The third-order valence-corrected chi connectivity index (χ3v) is 6.60. The molecule has 0 aliphatic heterocycles. The number of ether oxygens (including phenoxy) is 2. The Hall–Kier alpha value is -4.43. The van der Waals surface area contributed by atoms with Crippen LogP contribution in [0, 0.1) is 0 Å². The number of aromatic hydroxyl groups is 1.